The van der Waals surface area contributed by atoms with Gasteiger partial charge in [-0.25, -0.2) is 0 Å². The van der Waals surface area contributed by atoms with Gasteiger partial charge in [-0.2, -0.15) is 0 Å². The average molecular weight is 92.1 g/mol. The fourth-order valence-electron chi connectivity index (χ4n) is 0.207. The Morgan fingerprint density at radius 1 is 1.14 bits per heavy atom. The first-order valence-corrected chi connectivity index (χ1v) is 2.07. The Kier molecular flexibility index (Phi) is 4.64. The zero-order chi connectivity index (χ0) is 5.54. The molecule has 0 atom stereocenters. The predicted molar refractivity (Wildman–Crippen MR) is 32.5 cm³/mol. The van der Waals surface area contributed by atoms with Crippen LogP contribution in [0.15, 0.2) is 30.4 Å². The zero-order valence-electron chi connectivity index (χ0n) is 4.17. The van der Waals surface area contributed by atoms with Gasteiger partial charge in [-0.15, -0.1) is 0 Å². The van der Waals surface area contributed by atoms with Gasteiger partial charge in [0.05, 0.1) is 0 Å². The minimum absolute atomic E-state index is 1.47. The third-order valence-electron chi connectivity index (χ3n) is 0.469. The van der Waals surface area contributed by atoms with Crippen LogP contribution in [0.25, 0.3) is 0 Å². The van der Waals surface area contributed by atoms with Crippen LogP contribution in [-0.4, -0.2) is 0 Å². The molecule has 0 unspecified atom stereocenters. The first-order valence-electron chi connectivity index (χ1n) is 2.07. The van der Waals surface area contributed by atoms with Crippen LogP contribution < -0.4 is 0 Å². The Labute approximate surface area is 44.9 Å². The summed E-state index contributed by atoms with van der Waals surface area (Å²) in [5.74, 6) is 0. The standard InChI is InChI=1S/C7H8/c1-3-5-7-6-4-2/h1,3-7H,2H2/b3-1?,6-4+,7-5+. The molecule has 7 heavy (non-hydrogen) atoms. The van der Waals surface area contributed by atoms with Crippen molar-refractivity contribution < 1.29 is 0 Å². The highest BCUT2D eigenvalue weighted by Crippen LogP contribution is 1.73. The molecule has 0 heteroatoms. The van der Waals surface area contributed by atoms with Crippen molar-refractivity contribution in [2.75, 3.05) is 0 Å². The Bertz CT molecular complexity index is 86.2. The Morgan fingerprint density at radius 2 is 1.86 bits per heavy atom. The first kappa shape index (κ1) is 6.22. The van der Waals surface area contributed by atoms with Crippen molar-refractivity contribution in [3.63, 3.8) is 0 Å². The molecule has 0 heterocycles. The number of hydrogen-bond donors (Lipinski definition) is 0. The van der Waals surface area contributed by atoms with E-state index in [2.05, 4.69) is 6.92 Å². The molecular weight excluding hydrogens is 84.1 g/mol. The highest BCUT2D eigenvalue weighted by Gasteiger charge is 1.52. The Morgan fingerprint density at radius 3 is 2.29 bits per heavy atom. The van der Waals surface area contributed by atoms with Gasteiger partial charge in [-0.3, -0.25) is 0 Å². The maximum absolute atomic E-state index is 5.00. The molecule has 0 N–H and O–H groups in total. The molecule has 0 aliphatic heterocycles. The van der Waals surface area contributed by atoms with Gasteiger partial charge in [-0.05, 0) is 6.92 Å². The molecule has 0 fully saturated rings. The molecule has 0 aromatic rings. The van der Waals surface area contributed by atoms with E-state index in [0.29, 0.717) is 0 Å². The van der Waals surface area contributed by atoms with Gasteiger partial charge in [0.25, 0.3) is 0 Å². The molecule has 0 spiro atoms. The molecule has 0 aromatic carbocycles. The van der Waals surface area contributed by atoms with Crippen LogP contribution in [0.1, 0.15) is 0 Å². The van der Waals surface area contributed by atoms with Gasteiger partial charge in [0.2, 0.25) is 0 Å². The van der Waals surface area contributed by atoms with Crippen molar-refractivity contribution in [2.45, 2.75) is 0 Å². The smallest absolute Gasteiger partial charge is 0.0313 e. The molecule has 0 saturated carbocycles. The van der Waals surface area contributed by atoms with Crippen molar-refractivity contribution in [1.29, 1.82) is 0 Å². The summed E-state index contributed by atoms with van der Waals surface area (Å²) in [5, 5.41) is 0. The van der Waals surface area contributed by atoms with Crippen LogP contribution in [0.3, 0.4) is 0 Å². The fraction of sp³-hybridized carbons (Fsp3) is 0. The zero-order valence-corrected chi connectivity index (χ0v) is 4.17. The van der Waals surface area contributed by atoms with E-state index < -0.39 is 0 Å². The van der Waals surface area contributed by atoms with Crippen molar-refractivity contribution in [1.82, 2.24) is 0 Å². The van der Waals surface area contributed by atoms with Gasteiger partial charge in [0.15, 0.2) is 0 Å². The quantitative estimate of drug-likeness (QED) is 0.456. The molecular formula is C7H8. The van der Waals surface area contributed by atoms with E-state index in [9.17, 15) is 0 Å². The summed E-state index contributed by atoms with van der Waals surface area (Å²) in [4.78, 5) is 0. The number of rotatable bonds is 2. The molecule has 0 aliphatic carbocycles. The Hall–Kier alpha value is -0.780. The molecule has 0 rings (SSSR count). The van der Waals surface area contributed by atoms with Gasteiger partial charge >= 0.3 is 0 Å². The molecule has 2 radical (unpaired) electrons. The lowest BCUT2D eigenvalue weighted by molar-refractivity contribution is 1.91. The van der Waals surface area contributed by atoms with E-state index in [1.54, 1.807) is 12.2 Å². The summed E-state index contributed by atoms with van der Waals surface area (Å²) in [6.07, 6.45) is 8.53. The second-order valence-corrected chi connectivity index (χ2v) is 1.01. The van der Waals surface area contributed by atoms with Crippen LogP contribution in [0.4, 0.5) is 0 Å². The second kappa shape index (κ2) is 5.22. The SMILES string of the molecule is [CH]=C/C=C/C=C/[CH2]. The summed E-state index contributed by atoms with van der Waals surface area (Å²) in [6, 6.07) is 0. The van der Waals surface area contributed by atoms with Crippen LogP contribution in [0, 0.1) is 13.5 Å². The topological polar surface area (TPSA) is 0 Å². The summed E-state index contributed by atoms with van der Waals surface area (Å²) in [6.45, 7) is 8.47. The van der Waals surface area contributed by atoms with Crippen molar-refractivity contribution in [2.24, 2.45) is 0 Å². The van der Waals surface area contributed by atoms with E-state index >= 15 is 0 Å². The summed E-state index contributed by atoms with van der Waals surface area (Å²) >= 11 is 0. The van der Waals surface area contributed by atoms with Gasteiger partial charge in [0, 0.05) is 0 Å². The fourth-order valence-corrected chi connectivity index (χ4v) is 0.207. The molecule has 0 bridgehead atoms. The van der Waals surface area contributed by atoms with E-state index in [4.69, 9.17) is 6.58 Å². The molecule has 0 saturated heterocycles. The van der Waals surface area contributed by atoms with E-state index in [1.165, 1.54) is 6.08 Å². The minimum atomic E-state index is 1.47. The van der Waals surface area contributed by atoms with Gasteiger partial charge < -0.3 is 0 Å². The largest absolute Gasteiger partial charge is 0.0842 e. The number of allylic oxidation sites excluding steroid dienone is 5. The third kappa shape index (κ3) is 5.22. The molecule has 0 aromatic heterocycles. The average Bonchev–Trinajstić information content (AvgIpc) is 1.69. The van der Waals surface area contributed by atoms with Gasteiger partial charge in [-0.1, -0.05) is 37.0 Å². The maximum Gasteiger partial charge on any atom is -0.0313 e. The van der Waals surface area contributed by atoms with E-state index in [1.807, 2.05) is 12.2 Å². The molecule has 36 valence electrons. The maximum atomic E-state index is 5.00. The van der Waals surface area contributed by atoms with Crippen molar-refractivity contribution >= 4 is 0 Å². The predicted octanol–water partition coefficient (Wildman–Crippen LogP) is 1.92. The Balaban J connectivity index is 3.27. The second-order valence-electron chi connectivity index (χ2n) is 1.01. The monoisotopic (exact) mass is 92.1 g/mol. The van der Waals surface area contributed by atoms with Crippen LogP contribution in [-0.2, 0) is 0 Å². The highest BCUT2D eigenvalue weighted by atomic mass is 13.6. The highest BCUT2D eigenvalue weighted by molar-refractivity contribution is 5.08. The van der Waals surface area contributed by atoms with Crippen LogP contribution in [0.5, 0.6) is 0 Å². The molecule has 0 amide bonds. The first-order chi connectivity index (χ1) is 3.41. The van der Waals surface area contributed by atoms with Crippen LogP contribution >= 0.6 is 0 Å². The normalized spacial score (nSPS) is 11.0. The van der Waals surface area contributed by atoms with Gasteiger partial charge in [0.1, 0.15) is 0 Å². The molecule has 0 aliphatic rings. The number of hydrogen-bond acceptors (Lipinski definition) is 0. The van der Waals surface area contributed by atoms with Crippen molar-refractivity contribution in [3.05, 3.63) is 43.9 Å². The minimum Gasteiger partial charge on any atom is -0.0842 e. The lowest BCUT2D eigenvalue weighted by Crippen LogP contribution is -1.43. The summed E-state index contributed by atoms with van der Waals surface area (Å²) < 4.78 is 0. The third-order valence-corrected chi connectivity index (χ3v) is 0.469. The van der Waals surface area contributed by atoms with E-state index in [-0.39, 0.29) is 0 Å². The van der Waals surface area contributed by atoms with Crippen molar-refractivity contribution in [3.8, 4) is 0 Å². The van der Waals surface area contributed by atoms with Crippen LogP contribution in [0.2, 0.25) is 0 Å². The summed E-state index contributed by atoms with van der Waals surface area (Å²) in [5.41, 5.74) is 0. The van der Waals surface area contributed by atoms with E-state index in [0.717, 1.165) is 0 Å². The summed E-state index contributed by atoms with van der Waals surface area (Å²) in [7, 11) is 0. The lowest BCUT2D eigenvalue weighted by atomic mass is 10.4. The lowest BCUT2D eigenvalue weighted by Gasteiger charge is -1.64. The molecule has 0 nitrogen and oxygen atoms in total.